The zero-order valence-electron chi connectivity index (χ0n) is 25.5. The van der Waals surface area contributed by atoms with Gasteiger partial charge in [-0.15, -0.1) is 0 Å². The molecule has 10 heteroatoms. The fraction of sp³-hybridized carbons (Fsp3) is 0.750. The predicted molar refractivity (Wildman–Crippen MR) is 157 cm³/mol. The van der Waals surface area contributed by atoms with Crippen molar-refractivity contribution in [2.24, 2.45) is 11.8 Å². The molecule has 0 bridgehead atoms. The molecule has 38 heavy (non-hydrogen) atoms. The number of esters is 1. The average Bonchev–Trinajstić information content (AvgIpc) is 3.04. The van der Waals surface area contributed by atoms with E-state index in [0.717, 1.165) is 5.56 Å². The SMILES string of the molecule is CC(=O)O[C@@H]1C[C@H](O[Si](C)(C)C(C)(C)C)[C@@H](CO[Si](C)(C)C(C)(C)C)[C@@H]1COS(=O)(=O)c1ccc(C)cc1. The van der Waals surface area contributed by atoms with Gasteiger partial charge in [0.05, 0.1) is 17.6 Å². The van der Waals surface area contributed by atoms with Crippen LogP contribution in [0.4, 0.5) is 0 Å². The number of rotatable bonds is 10. The second-order valence-electron chi connectivity index (χ2n) is 13.8. The van der Waals surface area contributed by atoms with E-state index in [0.29, 0.717) is 13.0 Å². The summed E-state index contributed by atoms with van der Waals surface area (Å²) in [5.41, 5.74) is 0.961. The lowest BCUT2D eigenvalue weighted by molar-refractivity contribution is -0.149. The Balaban J connectivity index is 2.41. The van der Waals surface area contributed by atoms with Crippen LogP contribution in [0.3, 0.4) is 0 Å². The molecule has 1 fully saturated rings. The van der Waals surface area contributed by atoms with Gasteiger partial charge in [-0.25, -0.2) is 0 Å². The van der Waals surface area contributed by atoms with Gasteiger partial charge in [-0.3, -0.25) is 8.98 Å². The van der Waals surface area contributed by atoms with E-state index in [9.17, 15) is 13.2 Å². The summed E-state index contributed by atoms with van der Waals surface area (Å²) < 4.78 is 51.0. The maximum absolute atomic E-state index is 13.0. The zero-order chi connectivity index (χ0) is 29.3. The van der Waals surface area contributed by atoms with E-state index >= 15 is 0 Å². The average molecular weight is 587 g/mol. The van der Waals surface area contributed by atoms with Crippen LogP contribution in [0.5, 0.6) is 0 Å². The van der Waals surface area contributed by atoms with Gasteiger partial charge in [0, 0.05) is 31.8 Å². The van der Waals surface area contributed by atoms with Gasteiger partial charge >= 0.3 is 5.97 Å². The summed E-state index contributed by atoms with van der Waals surface area (Å²) >= 11 is 0. The number of hydrogen-bond acceptors (Lipinski definition) is 7. The second kappa shape index (κ2) is 11.8. The van der Waals surface area contributed by atoms with Gasteiger partial charge in [0.2, 0.25) is 0 Å². The smallest absolute Gasteiger partial charge is 0.302 e. The summed E-state index contributed by atoms with van der Waals surface area (Å²) in [6.07, 6.45) is -0.278. The van der Waals surface area contributed by atoms with Gasteiger partial charge < -0.3 is 13.6 Å². The van der Waals surface area contributed by atoms with Crippen molar-refractivity contribution >= 4 is 32.7 Å². The maximum atomic E-state index is 13.0. The highest BCUT2D eigenvalue weighted by atomic mass is 32.2. The topological polar surface area (TPSA) is 88.1 Å². The summed E-state index contributed by atoms with van der Waals surface area (Å²) in [5, 5.41) is -0.00438. The number of benzene rings is 1. The third kappa shape index (κ3) is 8.23. The standard InChI is InChI=1S/C28H50O7SSi2/c1-20-13-15-22(16-14-20)36(30,31)32-18-23-24(19-33-37(9,10)27(3,4)5)26(17-25(23)34-21(2)29)35-38(11,12)28(6,7)8/h13-16,23-26H,17-19H2,1-12H3/t23-,24-,25+,26-/m0/s1. The van der Waals surface area contributed by atoms with E-state index in [-0.39, 0.29) is 33.6 Å². The second-order valence-corrected chi connectivity index (χ2v) is 24.9. The minimum absolute atomic E-state index is 0.0114. The van der Waals surface area contributed by atoms with Crippen LogP contribution in [0.15, 0.2) is 29.2 Å². The van der Waals surface area contributed by atoms with Crippen molar-refractivity contribution in [2.75, 3.05) is 13.2 Å². The minimum atomic E-state index is -3.99. The molecule has 0 unspecified atom stereocenters. The first-order chi connectivity index (χ1) is 17.1. The van der Waals surface area contributed by atoms with Gasteiger partial charge in [-0.05, 0) is 55.3 Å². The van der Waals surface area contributed by atoms with Crippen LogP contribution in [0.1, 0.15) is 60.5 Å². The molecule has 218 valence electrons. The predicted octanol–water partition coefficient (Wildman–Crippen LogP) is 6.68. The lowest BCUT2D eigenvalue weighted by Crippen LogP contribution is -2.47. The third-order valence-corrected chi connectivity index (χ3v) is 19.0. The van der Waals surface area contributed by atoms with Crippen LogP contribution in [0.25, 0.3) is 0 Å². The van der Waals surface area contributed by atoms with Gasteiger partial charge in [-0.1, -0.05) is 59.2 Å². The van der Waals surface area contributed by atoms with E-state index in [2.05, 4.69) is 67.7 Å². The molecule has 0 amide bonds. The number of carbonyl (C=O) groups is 1. The van der Waals surface area contributed by atoms with Crippen LogP contribution in [0.2, 0.25) is 36.3 Å². The molecule has 1 aliphatic rings. The lowest BCUT2D eigenvalue weighted by atomic mass is 9.95. The summed E-state index contributed by atoms with van der Waals surface area (Å²) in [6, 6.07) is 6.58. The first-order valence-electron chi connectivity index (χ1n) is 13.5. The molecule has 0 aliphatic heterocycles. The van der Waals surface area contributed by atoms with E-state index in [4.69, 9.17) is 17.8 Å². The van der Waals surface area contributed by atoms with Crippen LogP contribution < -0.4 is 0 Å². The molecule has 2 rings (SSSR count). The van der Waals surface area contributed by atoms with Crippen molar-refractivity contribution in [3.8, 4) is 0 Å². The Labute approximate surface area is 233 Å². The highest BCUT2D eigenvalue weighted by Gasteiger charge is 2.51. The Morgan fingerprint density at radius 2 is 1.37 bits per heavy atom. The van der Waals surface area contributed by atoms with E-state index in [1.165, 1.54) is 6.92 Å². The molecule has 1 aromatic rings. The quantitative estimate of drug-likeness (QED) is 0.172. The zero-order valence-corrected chi connectivity index (χ0v) is 28.3. The Bertz CT molecular complexity index is 1050. The molecule has 0 aromatic heterocycles. The van der Waals surface area contributed by atoms with Crippen LogP contribution in [0, 0.1) is 18.8 Å². The van der Waals surface area contributed by atoms with Crippen LogP contribution >= 0.6 is 0 Å². The molecule has 7 nitrogen and oxygen atoms in total. The Morgan fingerprint density at radius 3 is 1.84 bits per heavy atom. The van der Waals surface area contributed by atoms with Crippen molar-refractivity contribution in [3.05, 3.63) is 29.8 Å². The summed E-state index contributed by atoms with van der Waals surface area (Å²) in [7, 11) is -8.28. The molecule has 4 atom stereocenters. The molecular weight excluding hydrogens is 537 g/mol. The summed E-state index contributed by atoms with van der Waals surface area (Å²) in [5.74, 6) is -0.979. The number of ether oxygens (including phenoxy) is 1. The number of hydrogen-bond donors (Lipinski definition) is 0. The Morgan fingerprint density at radius 1 is 0.868 bits per heavy atom. The molecule has 1 aliphatic carbocycles. The largest absolute Gasteiger partial charge is 0.462 e. The summed E-state index contributed by atoms with van der Waals surface area (Å²) in [4.78, 5) is 12.2. The van der Waals surface area contributed by atoms with Crippen molar-refractivity contribution in [1.82, 2.24) is 0 Å². The van der Waals surface area contributed by atoms with E-state index in [1.807, 2.05) is 6.92 Å². The van der Waals surface area contributed by atoms with E-state index in [1.54, 1.807) is 24.3 Å². The first-order valence-corrected chi connectivity index (χ1v) is 20.7. The molecule has 0 saturated heterocycles. The molecule has 1 aromatic carbocycles. The molecule has 0 radical (unpaired) electrons. The van der Waals surface area contributed by atoms with Crippen LogP contribution in [-0.2, 0) is 32.7 Å². The van der Waals surface area contributed by atoms with Gasteiger partial charge in [0.15, 0.2) is 16.6 Å². The van der Waals surface area contributed by atoms with Crippen LogP contribution in [-0.4, -0.2) is 56.4 Å². The fourth-order valence-electron chi connectivity index (χ4n) is 4.09. The van der Waals surface area contributed by atoms with Crippen molar-refractivity contribution < 1.29 is 31.0 Å². The fourth-order valence-corrected chi connectivity index (χ4v) is 7.46. The number of carbonyl (C=O) groups excluding carboxylic acids is 1. The Kier molecular flexibility index (Phi) is 10.3. The van der Waals surface area contributed by atoms with Gasteiger partial charge in [-0.2, -0.15) is 8.42 Å². The van der Waals surface area contributed by atoms with E-state index < -0.39 is 44.7 Å². The summed E-state index contributed by atoms with van der Waals surface area (Å²) in [6.45, 7) is 25.5. The Hall–Kier alpha value is -1.05. The van der Waals surface area contributed by atoms with Crippen molar-refractivity contribution in [3.63, 3.8) is 0 Å². The normalized spacial score (nSPS) is 23.5. The lowest BCUT2D eigenvalue weighted by Gasteiger charge is -2.41. The minimum Gasteiger partial charge on any atom is -0.462 e. The molecule has 1 saturated carbocycles. The van der Waals surface area contributed by atoms with Crippen molar-refractivity contribution in [2.45, 2.75) is 115 Å². The highest BCUT2D eigenvalue weighted by Crippen LogP contribution is 2.45. The highest BCUT2D eigenvalue weighted by molar-refractivity contribution is 7.86. The molecule has 0 spiro atoms. The maximum Gasteiger partial charge on any atom is 0.302 e. The molecule has 0 heterocycles. The van der Waals surface area contributed by atoms with Gasteiger partial charge in [0.25, 0.3) is 10.1 Å². The monoisotopic (exact) mass is 586 g/mol. The number of aryl methyl sites for hydroxylation is 1. The van der Waals surface area contributed by atoms with Crippen molar-refractivity contribution in [1.29, 1.82) is 0 Å². The third-order valence-electron chi connectivity index (χ3n) is 8.71. The molecular formula is C28H50O7SSi2. The molecule has 0 N–H and O–H groups in total. The first kappa shape index (κ1) is 33.2. The van der Waals surface area contributed by atoms with Gasteiger partial charge in [0.1, 0.15) is 6.10 Å².